The van der Waals surface area contributed by atoms with Crippen molar-refractivity contribution in [3.05, 3.63) is 71.5 Å². The minimum absolute atomic E-state index is 0.0437. The minimum atomic E-state index is -0.573. The zero-order valence-corrected chi connectivity index (χ0v) is 18.6. The van der Waals surface area contributed by atoms with Crippen LogP contribution in [0.5, 0.6) is 0 Å². The van der Waals surface area contributed by atoms with E-state index >= 15 is 0 Å². The van der Waals surface area contributed by atoms with Crippen LogP contribution in [0.3, 0.4) is 0 Å². The van der Waals surface area contributed by atoms with Crippen LogP contribution in [0.4, 0.5) is 4.39 Å². The Morgan fingerprint density at radius 3 is 2.31 bits per heavy atom. The van der Waals surface area contributed by atoms with E-state index in [0.29, 0.717) is 5.56 Å². The van der Waals surface area contributed by atoms with Crippen LogP contribution in [-0.2, 0) is 15.1 Å². The highest BCUT2D eigenvalue weighted by Gasteiger charge is 2.42. The summed E-state index contributed by atoms with van der Waals surface area (Å²) in [7, 11) is 0. The normalized spacial score (nSPS) is 25.1. The number of rotatable bonds is 7. The van der Waals surface area contributed by atoms with Gasteiger partial charge in [0.1, 0.15) is 12.1 Å². The third kappa shape index (κ3) is 4.93. The van der Waals surface area contributed by atoms with Crippen molar-refractivity contribution in [1.82, 2.24) is 10.2 Å². The van der Waals surface area contributed by atoms with Crippen LogP contribution in [0.25, 0.3) is 0 Å². The monoisotopic (exact) mass is 436 g/mol. The highest BCUT2D eigenvalue weighted by Crippen LogP contribution is 2.43. The molecule has 0 spiro atoms. The van der Waals surface area contributed by atoms with Crippen LogP contribution in [0.15, 0.2) is 54.6 Å². The number of nitrogens with zero attached hydrogens (tertiary/aromatic N) is 1. The van der Waals surface area contributed by atoms with Gasteiger partial charge < -0.3 is 10.1 Å². The molecule has 1 N–H and O–H groups in total. The summed E-state index contributed by atoms with van der Waals surface area (Å²) in [5.41, 5.74) is 2.11. The molecule has 0 bridgehead atoms. The average molecular weight is 437 g/mol. The molecule has 1 aliphatic carbocycles. The topological polar surface area (TPSA) is 49.4 Å². The second-order valence-corrected chi connectivity index (χ2v) is 9.23. The second-order valence-electron chi connectivity index (χ2n) is 9.23. The summed E-state index contributed by atoms with van der Waals surface area (Å²) in [5, 5.41) is 3.20. The van der Waals surface area contributed by atoms with Crippen molar-refractivity contribution < 1.29 is 14.0 Å². The van der Waals surface area contributed by atoms with Crippen LogP contribution in [-0.4, -0.2) is 36.2 Å². The minimum Gasteiger partial charge on any atom is -0.353 e. The lowest BCUT2D eigenvalue weighted by molar-refractivity contribution is -0.125. The van der Waals surface area contributed by atoms with E-state index in [-0.39, 0.29) is 29.7 Å². The fraction of sp³-hybridized carbons (Fsp3) is 0.481. The Morgan fingerprint density at radius 2 is 1.69 bits per heavy atom. The van der Waals surface area contributed by atoms with Gasteiger partial charge in [-0.3, -0.25) is 9.69 Å². The molecule has 1 heterocycles. The summed E-state index contributed by atoms with van der Waals surface area (Å²) in [6.07, 6.45) is 8.52. The van der Waals surface area contributed by atoms with E-state index in [1.807, 2.05) is 0 Å². The zero-order valence-electron chi connectivity index (χ0n) is 18.6. The highest BCUT2D eigenvalue weighted by atomic mass is 19.1. The number of benzene rings is 2. The molecule has 2 aromatic rings. The zero-order chi connectivity index (χ0) is 22.4. The Balaban J connectivity index is 1.45. The van der Waals surface area contributed by atoms with Crippen molar-refractivity contribution in [3.8, 4) is 0 Å². The van der Waals surface area contributed by atoms with Gasteiger partial charge in [0.25, 0.3) is 0 Å². The van der Waals surface area contributed by atoms with Gasteiger partial charge in [0.2, 0.25) is 5.91 Å². The Kier molecular flexibility index (Phi) is 7.36. The number of aldehydes is 1. The van der Waals surface area contributed by atoms with Crippen LogP contribution in [0.1, 0.15) is 68.4 Å². The van der Waals surface area contributed by atoms with Crippen molar-refractivity contribution >= 4 is 12.2 Å². The number of nitrogens with one attached hydrogen (secondary N) is 1. The molecule has 1 aliphatic heterocycles. The smallest absolute Gasteiger partial charge is 0.228 e. The van der Waals surface area contributed by atoms with Gasteiger partial charge in [0.15, 0.2) is 0 Å². The molecule has 5 heteroatoms. The summed E-state index contributed by atoms with van der Waals surface area (Å²) in [5.74, 6) is -1.06. The molecule has 0 radical (unpaired) electrons. The Hall–Kier alpha value is -2.53. The molecule has 2 aromatic carbocycles. The highest BCUT2D eigenvalue weighted by molar-refractivity contribution is 5.86. The lowest BCUT2D eigenvalue weighted by Crippen LogP contribution is -2.53. The first-order valence-electron chi connectivity index (χ1n) is 11.9. The number of likely N-dealkylation sites (tertiary alicyclic amines) is 1. The molecule has 170 valence electrons. The van der Waals surface area contributed by atoms with E-state index < -0.39 is 5.92 Å². The van der Waals surface area contributed by atoms with Gasteiger partial charge in [-0.2, -0.15) is 0 Å². The molecular formula is C27H33FN2O2. The molecule has 2 aliphatic rings. The third-order valence-corrected chi connectivity index (χ3v) is 7.35. The van der Waals surface area contributed by atoms with Gasteiger partial charge in [0.05, 0.1) is 5.92 Å². The largest absolute Gasteiger partial charge is 0.353 e. The number of hydrogen-bond donors (Lipinski definition) is 1. The van der Waals surface area contributed by atoms with Crippen molar-refractivity contribution in [2.24, 2.45) is 0 Å². The van der Waals surface area contributed by atoms with Gasteiger partial charge in [-0.05, 0) is 74.9 Å². The third-order valence-electron chi connectivity index (χ3n) is 7.35. The van der Waals surface area contributed by atoms with Gasteiger partial charge in [-0.15, -0.1) is 0 Å². The molecule has 1 amide bonds. The van der Waals surface area contributed by atoms with Gasteiger partial charge in [-0.1, -0.05) is 48.9 Å². The van der Waals surface area contributed by atoms with E-state index in [1.165, 1.54) is 37.0 Å². The molecule has 4 nitrogen and oxygen atoms in total. The number of amides is 1. The molecule has 1 unspecified atom stereocenters. The molecule has 32 heavy (non-hydrogen) atoms. The first-order valence-corrected chi connectivity index (χ1v) is 11.9. The van der Waals surface area contributed by atoms with E-state index in [2.05, 4.69) is 40.5 Å². The summed E-state index contributed by atoms with van der Waals surface area (Å²) in [6, 6.07) is 16.8. The first-order chi connectivity index (χ1) is 15.6. The summed E-state index contributed by atoms with van der Waals surface area (Å²) >= 11 is 0. The standard InChI is InChI=1S/C27H33FN2O2/c28-23-11-9-21(10-12-23)25(15-20-31)26(32)29-24-13-16-27(17-14-24,22-7-3-1-4-8-22)30-18-5-2-6-19-30/h1,3-4,7-12,20,24-25H,2,5-6,13-19H2,(H,29,32). The predicted octanol–water partition coefficient (Wildman–Crippen LogP) is 4.94. The van der Waals surface area contributed by atoms with E-state index in [4.69, 9.17) is 0 Å². The van der Waals surface area contributed by atoms with Crippen LogP contribution in [0, 0.1) is 5.82 Å². The van der Waals surface area contributed by atoms with Gasteiger partial charge in [0, 0.05) is 18.0 Å². The van der Waals surface area contributed by atoms with Crippen molar-refractivity contribution in [1.29, 1.82) is 0 Å². The number of halogens is 1. The lowest BCUT2D eigenvalue weighted by Gasteiger charge is -2.50. The predicted molar refractivity (Wildman–Crippen MR) is 124 cm³/mol. The summed E-state index contributed by atoms with van der Waals surface area (Å²) in [4.78, 5) is 26.9. The van der Waals surface area contributed by atoms with Crippen LogP contribution in [0.2, 0.25) is 0 Å². The Labute approximate surface area is 190 Å². The van der Waals surface area contributed by atoms with Gasteiger partial charge >= 0.3 is 0 Å². The average Bonchev–Trinajstić information content (AvgIpc) is 2.85. The quantitative estimate of drug-likeness (QED) is 0.626. The Morgan fingerprint density at radius 1 is 1.03 bits per heavy atom. The maximum absolute atomic E-state index is 13.3. The number of piperidine rings is 1. The number of carbonyl (C=O) groups excluding carboxylic acids is 2. The molecule has 1 atom stereocenters. The molecule has 0 aromatic heterocycles. The SMILES string of the molecule is O=CCC(C(=O)NC1CCC(c2ccccc2)(N2CCCCC2)CC1)c1ccc(F)cc1. The molecule has 1 saturated heterocycles. The Bertz CT molecular complexity index is 886. The summed E-state index contributed by atoms with van der Waals surface area (Å²) in [6.45, 7) is 2.27. The maximum Gasteiger partial charge on any atom is 0.228 e. The van der Waals surface area contributed by atoms with Crippen LogP contribution < -0.4 is 5.32 Å². The molecule has 2 fully saturated rings. The fourth-order valence-electron chi connectivity index (χ4n) is 5.59. The van der Waals surface area contributed by atoms with E-state index in [0.717, 1.165) is 45.1 Å². The van der Waals surface area contributed by atoms with Crippen LogP contribution >= 0.6 is 0 Å². The number of carbonyl (C=O) groups is 2. The molecule has 1 saturated carbocycles. The summed E-state index contributed by atoms with van der Waals surface area (Å²) < 4.78 is 13.3. The van der Waals surface area contributed by atoms with E-state index in [9.17, 15) is 14.0 Å². The lowest BCUT2D eigenvalue weighted by atomic mass is 9.73. The fourth-order valence-corrected chi connectivity index (χ4v) is 5.59. The molecule has 4 rings (SSSR count). The second kappa shape index (κ2) is 10.4. The van der Waals surface area contributed by atoms with Gasteiger partial charge in [-0.25, -0.2) is 4.39 Å². The van der Waals surface area contributed by atoms with Crippen molar-refractivity contribution in [2.75, 3.05) is 13.1 Å². The maximum atomic E-state index is 13.3. The van der Waals surface area contributed by atoms with Crippen molar-refractivity contribution in [3.63, 3.8) is 0 Å². The first kappa shape index (κ1) is 22.7. The molecular weight excluding hydrogens is 403 g/mol. The van der Waals surface area contributed by atoms with Crippen molar-refractivity contribution in [2.45, 2.75) is 68.9 Å². The number of hydrogen-bond acceptors (Lipinski definition) is 3. The van der Waals surface area contributed by atoms with E-state index in [1.54, 1.807) is 12.1 Å².